The van der Waals surface area contributed by atoms with Gasteiger partial charge >= 0.3 is 5.97 Å². The summed E-state index contributed by atoms with van der Waals surface area (Å²) in [6.45, 7) is 4.00. The van der Waals surface area contributed by atoms with Crippen molar-refractivity contribution < 1.29 is 24.1 Å². The van der Waals surface area contributed by atoms with Gasteiger partial charge in [-0.3, -0.25) is 0 Å². The number of hydrogen-bond acceptors (Lipinski definition) is 5. The number of esters is 1. The monoisotopic (exact) mass is 216 g/mol. The highest BCUT2D eigenvalue weighted by Crippen LogP contribution is 2.13. The predicted octanol–water partition coefficient (Wildman–Crippen LogP) is 0.228. The number of hydrogen-bond donors (Lipinski definition) is 1. The van der Waals surface area contributed by atoms with E-state index in [0.29, 0.717) is 6.61 Å². The lowest BCUT2D eigenvalue weighted by molar-refractivity contribution is -0.230. The summed E-state index contributed by atoms with van der Waals surface area (Å²) < 4.78 is 15.0. The highest BCUT2D eigenvalue weighted by molar-refractivity contribution is 5.81. The van der Waals surface area contributed by atoms with E-state index in [1.807, 2.05) is 0 Å². The first-order valence-corrected chi connectivity index (χ1v) is 4.93. The van der Waals surface area contributed by atoms with Crippen LogP contribution in [0.5, 0.6) is 0 Å². The molecule has 3 atom stereocenters. The molecule has 0 saturated carbocycles. The lowest BCUT2D eigenvalue weighted by Crippen LogP contribution is -2.41. The summed E-state index contributed by atoms with van der Waals surface area (Å²) in [5, 5.41) is 9.48. The second kappa shape index (κ2) is 5.85. The van der Waals surface area contributed by atoms with Crippen LogP contribution in [0.1, 0.15) is 13.8 Å². The average Bonchev–Trinajstić information content (AvgIpc) is 2.20. The Kier molecular flexibility index (Phi) is 4.74. The SMILES string of the molecule is CCOC(=O)/C=C/[C@@H]1O[C@H](C)OC[C@H]1O. The highest BCUT2D eigenvalue weighted by atomic mass is 16.7. The van der Waals surface area contributed by atoms with Crippen LogP contribution in [0, 0.1) is 0 Å². The van der Waals surface area contributed by atoms with Gasteiger partial charge in [0.15, 0.2) is 6.29 Å². The molecule has 0 aromatic heterocycles. The summed E-state index contributed by atoms with van der Waals surface area (Å²) in [6.07, 6.45) is 1.12. The van der Waals surface area contributed by atoms with Crippen molar-refractivity contribution in [1.82, 2.24) is 0 Å². The molecule has 0 spiro atoms. The van der Waals surface area contributed by atoms with Gasteiger partial charge < -0.3 is 19.3 Å². The lowest BCUT2D eigenvalue weighted by atomic mass is 10.2. The minimum absolute atomic E-state index is 0.207. The fourth-order valence-electron chi connectivity index (χ4n) is 1.22. The van der Waals surface area contributed by atoms with Crippen LogP contribution in [0.3, 0.4) is 0 Å². The van der Waals surface area contributed by atoms with E-state index in [0.717, 1.165) is 0 Å². The van der Waals surface area contributed by atoms with E-state index in [-0.39, 0.29) is 12.9 Å². The summed E-state index contributed by atoms with van der Waals surface area (Å²) in [6, 6.07) is 0. The van der Waals surface area contributed by atoms with E-state index >= 15 is 0 Å². The van der Waals surface area contributed by atoms with Gasteiger partial charge in [-0.25, -0.2) is 4.79 Å². The zero-order valence-electron chi connectivity index (χ0n) is 8.88. The first kappa shape index (κ1) is 12.2. The number of aliphatic hydroxyl groups excluding tert-OH is 1. The Balaban J connectivity index is 2.44. The molecule has 1 aliphatic rings. The summed E-state index contributed by atoms with van der Waals surface area (Å²) in [4.78, 5) is 11.0. The maximum Gasteiger partial charge on any atom is 0.330 e. The molecular weight excluding hydrogens is 200 g/mol. The molecule has 5 heteroatoms. The molecule has 1 N–H and O–H groups in total. The van der Waals surface area contributed by atoms with E-state index in [2.05, 4.69) is 0 Å². The second-order valence-corrected chi connectivity index (χ2v) is 3.18. The Morgan fingerprint density at radius 3 is 3.07 bits per heavy atom. The number of carbonyl (C=O) groups excluding carboxylic acids is 1. The van der Waals surface area contributed by atoms with Crippen molar-refractivity contribution in [3.63, 3.8) is 0 Å². The first-order chi connectivity index (χ1) is 7.13. The lowest BCUT2D eigenvalue weighted by Gasteiger charge is -2.30. The standard InChI is InChI=1S/C10H16O5/c1-3-13-10(12)5-4-9-8(11)6-14-7(2)15-9/h4-5,7-9,11H,3,6H2,1-2H3/b5-4+/t7-,8-,9+/m1/s1. The van der Waals surface area contributed by atoms with Gasteiger partial charge in [0.05, 0.1) is 13.2 Å². The van der Waals surface area contributed by atoms with Gasteiger partial charge in [0.25, 0.3) is 0 Å². The van der Waals surface area contributed by atoms with E-state index in [1.165, 1.54) is 12.2 Å². The zero-order valence-corrected chi connectivity index (χ0v) is 8.88. The van der Waals surface area contributed by atoms with E-state index < -0.39 is 18.2 Å². The molecule has 1 saturated heterocycles. The fourth-order valence-corrected chi connectivity index (χ4v) is 1.22. The van der Waals surface area contributed by atoms with Crippen LogP contribution in [0.2, 0.25) is 0 Å². The Morgan fingerprint density at radius 1 is 1.67 bits per heavy atom. The molecule has 0 aromatic rings. The van der Waals surface area contributed by atoms with Crippen molar-refractivity contribution in [3.8, 4) is 0 Å². The highest BCUT2D eigenvalue weighted by Gasteiger charge is 2.26. The second-order valence-electron chi connectivity index (χ2n) is 3.18. The zero-order chi connectivity index (χ0) is 11.3. The van der Waals surface area contributed by atoms with Crippen LogP contribution >= 0.6 is 0 Å². The Labute approximate surface area is 88.6 Å². The molecule has 5 nitrogen and oxygen atoms in total. The summed E-state index contributed by atoms with van der Waals surface area (Å²) in [5.74, 6) is -0.438. The molecule has 1 heterocycles. The van der Waals surface area contributed by atoms with Crippen molar-refractivity contribution in [3.05, 3.63) is 12.2 Å². The Hall–Kier alpha value is -0.910. The van der Waals surface area contributed by atoms with Crippen LogP contribution in [0.15, 0.2) is 12.2 Å². The molecule has 0 unspecified atom stereocenters. The van der Waals surface area contributed by atoms with Crippen LogP contribution < -0.4 is 0 Å². The third-order valence-electron chi connectivity index (χ3n) is 1.94. The van der Waals surface area contributed by atoms with Crippen molar-refractivity contribution in [1.29, 1.82) is 0 Å². The summed E-state index contributed by atoms with van der Waals surface area (Å²) in [7, 11) is 0. The van der Waals surface area contributed by atoms with Crippen molar-refractivity contribution >= 4 is 5.97 Å². The van der Waals surface area contributed by atoms with Gasteiger partial charge in [0, 0.05) is 6.08 Å². The number of aliphatic hydroxyl groups is 1. The van der Waals surface area contributed by atoms with Gasteiger partial charge in [0.2, 0.25) is 0 Å². The van der Waals surface area contributed by atoms with Crippen molar-refractivity contribution in [2.45, 2.75) is 32.3 Å². The molecule has 1 rings (SSSR count). The number of ether oxygens (including phenoxy) is 3. The molecule has 0 bridgehead atoms. The van der Waals surface area contributed by atoms with Gasteiger partial charge in [-0.05, 0) is 19.9 Å². The topological polar surface area (TPSA) is 65.0 Å². The largest absolute Gasteiger partial charge is 0.463 e. The van der Waals surface area contributed by atoms with Crippen LogP contribution in [-0.4, -0.2) is 42.8 Å². The summed E-state index contributed by atoms with van der Waals surface area (Å²) >= 11 is 0. The molecule has 0 radical (unpaired) electrons. The number of rotatable bonds is 3. The maximum atomic E-state index is 11.0. The quantitative estimate of drug-likeness (QED) is 0.540. The molecule has 0 aromatic carbocycles. The molecule has 86 valence electrons. The fraction of sp³-hybridized carbons (Fsp3) is 0.700. The Bertz CT molecular complexity index is 238. The van der Waals surface area contributed by atoms with Gasteiger partial charge in [-0.15, -0.1) is 0 Å². The molecule has 0 amide bonds. The molecule has 15 heavy (non-hydrogen) atoms. The van der Waals surface area contributed by atoms with Gasteiger partial charge in [-0.2, -0.15) is 0 Å². The molecular formula is C10H16O5. The first-order valence-electron chi connectivity index (χ1n) is 4.93. The smallest absolute Gasteiger partial charge is 0.330 e. The number of carbonyl (C=O) groups is 1. The van der Waals surface area contributed by atoms with E-state index in [1.54, 1.807) is 13.8 Å². The van der Waals surface area contributed by atoms with Crippen LogP contribution in [0.25, 0.3) is 0 Å². The van der Waals surface area contributed by atoms with Gasteiger partial charge in [0.1, 0.15) is 12.2 Å². The molecule has 1 aliphatic heterocycles. The minimum atomic E-state index is -0.744. The average molecular weight is 216 g/mol. The third kappa shape index (κ3) is 3.99. The van der Waals surface area contributed by atoms with Crippen molar-refractivity contribution in [2.24, 2.45) is 0 Å². The normalized spacial score (nSPS) is 31.8. The molecule has 0 aliphatic carbocycles. The predicted molar refractivity (Wildman–Crippen MR) is 52.1 cm³/mol. The van der Waals surface area contributed by atoms with E-state index in [9.17, 15) is 9.90 Å². The maximum absolute atomic E-state index is 11.0. The van der Waals surface area contributed by atoms with Crippen LogP contribution in [0.4, 0.5) is 0 Å². The van der Waals surface area contributed by atoms with Gasteiger partial charge in [-0.1, -0.05) is 0 Å². The van der Waals surface area contributed by atoms with E-state index in [4.69, 9.17) is 14.2 Å². The van der Waals surface area contributed by atoms with Crippen LogP contribution in [-0.2, 0) is 19.0 Å². The third-order valence-corrected chi connectivity index (χ3v) is 1.94. The summed E-state index contributed by atoms with van der Waals surface area (Å²) in [5.41, 5.74) is 0. The minimum Gasteiger partial charge on any atom is -0.463 e. The van der Waals surface area contributed by atoms with Crippen molar-refractivity contribution in [2.75, 3.05) is 13.2 Å². The Morgan fingerprint density at radius 2 is 2.40 bits per heavy atom. The molecule has 1 fully saturated rings.